The van der Waals surface area contributed by atoms with Crippen LogP contribution in [0.15, 0.2) is 42.6 Å². The van der Waals surface area contributed by atoms with Gasteiger partial charge in [0.25, 0.3) is 0 Å². The van der Waals surface area contributed by atoms with Crippen molar-refractivity contribution in [2.45, 2.75) is 0 Å². The summed E-state index contributed by atoms with van der Waals surface area (Å²) in [6.45, 7) is 0. The van der Waals surface area contributed by atoms with Crippen LogP contribution in [-0.4, -0.2) is 28.0 Å². The first-order chi connectivity index (χ1) is 9.30. The Hall–Kier alpha value is -2.69. The molecule has 5 nitrogen and oxygen atoms in total. The SMILES string of the molecule is COc1ccc(-c2nc3cc(C=O)ccn3n2)cc1. The molecule has 94 valence electrons. The summed E-state index contributed by atoms with van der Waals surface area (Å²) in [6, 6.07) is 10.9. The Labute approximate surface area is 109 Å². The molecule has 1 aromatic carbocycles. The zero-order chi connectivity index (χ0) is 13.2. The van der Waals surface area contributed by atoms with Gasteiger partial charge in [0.05, 0.1) is 7.11 Å². The van der Waals surface area contributed by atoms with E-state index in [-0.39, 0.29) is 0 Å². The van der Waals surface area contributed by atoms with Gasteiger partial charge in [0, 0.05) is 17.3 Å². The molecule has 0 aliphatic carbocycles. The molecule has 0 bridgehead atoms. The van der Waals surface area contributed by atoms with E-state index in [1.807, 2.05) is 24.3 Å². The van der Waals surface area contributed by atoms with Crippen LogP contribution in [-0.2, 0) is 0 Å². The summed E-state index contributed by atoms with van der Waals surface area (Å²) in [4.78, 5) is 15.1. The third-order valence-electron chi connectivity index (χ3n) is 2.85. The quantitative estimate of drug-likeness (QED) is 0.671. The lowest BCUT2D eigenvalue weighted by atomic mass is 10.2. The predicted octanol–water partition coefficient (Wildman–Crippen LogP) is 2.22. The minimum Gasteiger partial charge on any atom is -0.497 e. The van der Waals surface area contributed by atoms with Crippen LogP contribution in [0, 0.1) is 0 Å². The first kappa shape index (κ1) is 11.4. The smallest absolute Gasteiger partial charge is 0.182 e. The zero-order valence-electron chi connectivity index (χ0n) is 10.3. The molecule has 3 aromatic rings. The maximum Gasteiger partial charge on any atom is 0.182 e. The van der Waals surface area contributed by atoms with Crippen molar-refractivity contribution in [2.75, 3.05) is 7.11 Å². The van der Waals surface area contributed by atoms with Gasteiger partial charge in [0.2, 0.25) is 0 Å². The summed E-state index contributed by atoms with van der Waals surface area (Å²) in [7, 11) is 1.62. The van der Waals surface area contributed by atoms with Gasteiger partial charge in [-0.2, -0.15) is 0 Å². The summed E-state index contributed by atoms with van der Waals surface area (Å²) in [5.74, 6) is 1.40. The molecule has 0 saturated heterocycles. The fourth-order valence-electron chi connectivity index (χ4n) is 1.83. The maximum absolute atomic E-state index is 10.7. The molecule has 2 aromatic heterocycles. The van der Waals surface area contributed by atoms with Crippen LogP contribution in [0.25, 0.3) is 17.0 Å². The highest BCUT2D eigenvalue weighted by molar-refractivity contribution is 5.76. The number of ether oxygens (including phenoxy) is 1. The molecule has 0 aliphatic rings. The number of rotatable bonds is 3. The highest BCUT2D eigenvalue weighted by Crippen LogP contribution is 2.20. The molecule has 3 rings (SSSR count). The average molecular weight is 253 g/mol. The monoisotopic (exact) mass is 253 g/mol. The van der Waals surface area contributed by atoms with Crippen molar-refractivity contribution in [3.05, 3.63) is 48.2 Å². The summed E-state index contributed by atoms with van der Waals surface area (Å²) in [5.41, 5.74) is 2.13. The lowest BCUT2D eigenvalue weighted by molar-refractivity contribution is 0.112. The minimum absolute atomic E-state index is 0.584. The first-order valence-electron chi connectivity index (χ1n) is 5.76. The number of aromatic nitrogens is 3. The van der Waals surface area contributed by atoms with E-state index < -0.39 is 0 Å². The second-order valence-electron chi connectivity index (χ2n) is 4.04. The zero-order valence-corrected chi connectivity index (χ0v) is 10.3. The summed E-state index contributed by atoms with van der Waals surface area (Å²) in [6.07, 6.45) is 2.51. The number of carbonyl (C=O) groups excluding carboxylic acids is 1. The lowest BCUT2D eigenvalue weighted by Crippen LogP contribution is -1.88. The molecule has 0 aliphatic heterocycles. The summed E-state index contributed by atoms with van der Waals surface area (Å²) >= 11 is 0. The van der Waals surface area contributed by atoms with Gasteiger partial charge in [-0.3, -0.25) is 4.79 Å². The average Bonchev–Trinajstić information content (AvgIpc) is 2.90. The van der Waals surface area contributed by atoms with Gasteiger partial charge >= 0.3 is 0 Å². The van der Waals surface area contributed by atoms with Crippen molar-refractivity contribution in [2.24, 2.45) is 0 Å². The highest BCUT2D eigenvalue weighted by atomic mass is 16.5. The largest absolute Gasteiger partial charge is 0.497 e. The Kier molecular flexibility index (Phi) is 2.72. The first-order valence-corrected chi connectivity index (χ1v) is 5.76. The number of fused-ring (bicyclic) bond motifs is 1. The van der Waals surface area contributed by atoms with E-state index in [9.17, 15) is 4.79 Å². The Morgan fingerprint density at radius 3 is 2.68 bits per heavy atom. The molecule has 0 atom stereocenters. The number of aldehydes is 1. The fourth-order valence-corrected chi connectivity index (χ4v) is 1.83. The molecular weight excluding hydrogens is 242 g/mol. The number of methoxy groups -OCH3 is 1. The number of nitrogens with zero attached hydrogens (tertiary/aromatic N) is 3. The van der Waals surface area contributed by atoms with Gasteiger partial charge < -0.3 is 4.74 Å². The molecular formula is C14H11N3O2. The molecule has 0 saturated carbocycles. The minimum atomic E-state index is 0.584. The van der Waals surface area contributed by atoms with E-state index in [0.717, 1.165) is 17.6 Å². The van der Waals surface area contributed by atoms with Crippen LogP contribution in [0.4, 0.5) is 0 Å². The van der Waals surface area contributed by atoms with Crippen LogP contribution in [0.3, 0.4) is 0 Å². The van der Waals surface area contributed by atoms with E-state index in [1.165, 1.54) is 0 Å². The van der Waals surface area contributed by atoms with E-state index in [4.69, 9.17) is 4.74 Å². The Morgan fingerprint density at radius 2 is 2.00 bits per heavy atom. The normalized spacial score (nSPS) is 10.6. The molecule has 0 amide bonds. The van der Waals surface area contributed by atoms with Crippen molar-refractivity contribution in [1.82, 2.24) is 14.6 Å². The van der Waals surface area contributed by atoms with Crippen molar-refractivity contribution < 1.29 is 9.53 Å². The second kappa shape index (κ2) is 4.53. The van der Waals surface area contributed by atoms with Gasteiger partial charge in [0.15, 0.2) is 11.5 Å². The third-order valence-corrected chi connectivity index (χ3v) is 2.85. The van der Waals surface area contributed by atoms with Gasteiger partial charge in [-0.25, -0.2) is 9.50 Å². The van der Waals surface area contributed by atoms with E-state index >= 15 is 0 Å². The van der Waals surface area contributed by atoms with Crippen LogP contribution in [0.1, 0.15) is 10.4 Å². The summed E-state index contributed by atoms with van der Waals surface area (Å²) in [5, 5.41) is 4.36. The van der Waals surface area contributed by atoms with Gasteiger partial charge in [-0.05, 0) is 36.4 Å². The molecule has 5 heteroatoms. The van der Waals surface area contributed by atoms with E-state index in [2.05, 4.69) is 10.1 Å². The molecule has 19 heavy (non-hydrogen) atoms. The predicted molar refractivity (Wildman–Crippen MR) is 70.4 cm³/mol. The highest BCUT2D eigenvalue weighted by Gasteiger charge is 2.06. The van der Waals surface area contributed by atoms with E-state index in [0.29, 0.717) is 17.0 Å². The van der Waals surface area contributed by atoms with Crippen molar-refractivity contribution in [1.29, 1.82) is 0 Å². The maximum atomic E-state index is 10.7. The molecule has 0 radical (unpaired) electrons. The number of pyridine rings is 1. The number of hydrogen-bond acceptors (Lipinski definition) is 4. The van der Waals surface area contributed by atoms with Crippen LogP contribution in [0.5, 0.6) is 5.75 Å². The Bertz CT molecular complexity index is 732. The van der Waals surface area contributed by atoms with Gasteiger partial charge in [-0.15, -0.1) is 5.10 Å². The van der Waals surface area contributed by atoms with Crippen molar-refractivity contribution in [3.63, 3.8) is 0 Å². The molecule has 0 spiro atoms. The fraction of sp³-hybridized carbons (Fsp3) is 0.0714. The molecule has 0 fully saturated rings. The van der Waals surface area contributed by atoms with Crippen LogP contribution < -0.4 is 4.74 Å². The van der Waals surface area contributed by atoms with Crippen molar-refractivity contribution >= 4 is 11.9 Å². The topological polar surface area (TPSA) is 56.5 Å². The second-order valence-corrected chi connectivity index (χ2v) is 4.04. The molecule has 0 unspecified atom stereocenters. The van der Waals surface area contributed by atoms with Crippen molar-refractivity contribution in [3.8, 4) is 17.1 Å². The van der Waals surface area contributed by atoms with Crippen LogP contribution in [0.2, 0.25) is 0 Å². The summed E-state index contributed by atoms with van der Waals surface area (Å²) < 4.78 is 6.75. The number of benzene rings is 1. The Morgan fingerprint density at radius 1 is 1.21 bits per heavy atom. The van der Waals surface area contributed by atoms with Crippen LogP contribution >= 0.6 is 0 Å². The van der Waals surface area contributed by atoms with E-state index in [1.54, 1.807) is 30.0 Å². The molecule has 0 N–H and O–H groups in total. The molecule has 2 heterocycles. The third kappa shape index (κ3) is 2.06. The lowest BCUT2D eigenvalue weighted by Gasteiger charge is -1.99. The number of hydrogen-bond donors (Lipinski definition) is 0. The van der Waals surface area contributed by atoms with Gasteiger partial charge in [0.1, 0.15) is 12.0 Å². The van der Waals surface area contributed by atoms with Gasteiger partial charge in [-0.1, -0.05) is 0 Å². The number of carbonyl (C=O) groups is 1. The Balaban J connectivity index is 2.06. The standard InChI is InChI=1S/C14H11N3O2/c1-19-12-4-2-11(3-5-12)14-15-13-8-10(9-18)6-7-17(13)16-14/h2-9H,1H3.